The monoisotopic (exact) mass is 436 g/mol. The maximum atomic E-state index is 5.89. The van der Waals surface area contributed by atoms with Crippen LogP contribution in [-0.2, 0) is 0 Å². The molecule has 0 bridgehead atoms. The Morgan fingerprint density at radius 1 is 0.903 bits per heavy atom. The Balaban J connectivity index is 1.35. The van der Waals surface area contributed by atoms with Gasteiger partial charge in [0.15, 0.2) is 0 Å². The summed E-state index contributed by atoms with van der Waals surface area (Å²) in [5.74, 6) is 1.67. The Labute approximate surface area is 189 Å². The van der Waals surface area contributed by atoms with E-state index in [2.05, 4.69) is 46.0 Å². The predicted molar refractivity (Wildman–Crippen MR) is 129 cm³/mol. The summed E-state index contributed by atoms with van der Waals surface area (Å²) < 4.78 is 5.89. The highest BCUT2D eigenvalue weighted by Crippen LogP contribution is 2.32. The van der Waals surface area contributed by atoms with E-state index in [1.807, 2.05) is 42.5 Å². The number of hydrogen-bond donors (Lipinski definition) is 0. The standard InChI is InChI=1S/C25H32N4OS/c1-3-16-28(17-4-2)21-14-18-29(19-15-21)25-27-26-24(31-25)20-10-12-23(13-11-20)30-22-8-6-5-7-9-22/h5-13,21H,3-4,14-19H2,1-2H3. The highest BCUT2D eigenvalue weighted by atomic mass is 32.1. The van der Waals surface area contributed by atoms with Crippen LogP contribution in [0.5, 0.6) is 11.5 Å². The van der Waals surface area contributed by atoms with Crippen LogP contribution in [0, 0.1) is 0 Å². The molecule has 3 aromatic rings. The van der Waals surface area contributed by atoms with Crippen LogP contribution in [0.1, 0.15) is 39.5 Å². The first-order chi connectivity index (χ1) is 15.3. The van der Waals surface area contributed by atoms with Gasteiger partial charge in [-0.1, -0.05) is 43.4 Å². The number of ether oxygens (including phenoxy) is 1. The molecule has 1 fully saturated rings. The van der Waals surface area contributed by atoms with Gasteiger partial charge in [0.05, 0.1) is 0 Å². The Morgan fingerprint density at radius 3 is 2.19 bits per heavy atom. The van der Waals surface area contributed by atoms with E-state index in [0.29, 0.717) is 6.04 Å². The first-order valence-corrected chi connectivity index (χ1v) is 12.2. The molecule has 0 saturated carbocycles. The van der Waals surface area contributed by atoms with Crippen LogP contribution in [0.15, 0.2) is 54.6 Å². The number of nitrogens with zero attached hydrogens (tertiary/aromatic N) is 4. The fraction of sp³-hybridized carbons (Fsp3) is 0.440. The molecule has 0 atom stereocenters. The molecule has 1 aliphatic heterocycles. The minimum absolute atomic E-state index is 0.709. The van der Waals surface area contributed by atoms with Gasteiger partial charge in [0.1, 0.15) is 16.5 Å². The largest absolute Gasteiger partial charge is 0.457 e. The van der Waals surface area contributed by atoms with E-state index in [9.17, 15) is 0 Å². The number of hydrogen-bond acceptors (Lipinski definition) is 6. The minimum atomic E-state index is 0.709. The number of rotatable bonds is 9. The average molecular weight is 437 g/mol. The normalized spacial score (nSPS) is 14.9. The van der Waals surface area contributed by atoms with E-state index < -0.39 is 0 Å². The molecule has 0 amide bonds. The van der Waals surface area contributed by atoms with Gasteiger partial charge in [-0.15, -0.1) is 10.2 Å². The Bertz CT molecular complexity index is 914. The Hall–Kier alpha value is -2.44. The van der Waals surface area contributed by atoms with Crippen molar-refractivity contribution in [2.24, 2.45) is 0 Å². The van der Waals surface area contributed by atoms with Crippen molar-refractivity contribution in [2.75, 3.05) is 31.1 Å². The van der Waals surface area contributed by atoms with Crippen molar-refractivity contribution in [1.82, 2.24) is 15.1 Å². The van der Waals surface area contributed by atoms with Crippen LogP contribution >= 0.6 is 11.3 Å². The lowest BCUT2D eigenvalue weighted by molar-refractivity contribution is 0.169. The third kappa shape index (κ3) is 5.63. The first kappa shape index (κ1) is 21.8. The van der Waals surface area contributed by atoms with Crippen molar-refractivity contribution in [3.05, 3.63) is 54.6 Å². The summed E-state index contributed by atoms with van der Waals surface area (Å²) in [5, 5.41) is 11.0. The quantitative estimate of drug-likeness (QED) is 0.406. The lowest BCUT2D eigenvalue weighted by Gasteiger charge is -2.38. The molecule has 0 radical (unpaired) electrons. The van der Waals surface area contributed by atoms with Crippen LogP contribution in [0.4, 0.5) is 5.13 Å². The van der Waals surface area contributed by atoms with Gasteiger partial charge in [0.2, 0.25) is 5.13 Å². The van der Waals surface area contributed by atoms with Crippen molar-refractivity contribution in [2.45, 2.75) is 45.6 Å². The molecule has 6 heteroatoms. The summed E-state index contributed by atoms with van der Waals surface area (Å²) in [6, 6.07) is 18.6. The van der Waals surface area contributed by atoms with E-state index >= 15 is 0 Å². The second-order valence-electron chi connectivity index (χ2n) is 8.08. The van der Waals surface area contributed by atoms with Gasteiger partial charge in [-0.25, -0.2) is 0 Å². The fourth-order valence-electron chi connectivity index (χ4n) is 4.22. The third-order valence-corrected chi connectivity index (χ3v) is 6.80. The van der Waals surface area contributed by atoms with Gasteiger partial charge in [-0.2, -0.15) is 0 Å². The molecule has 2 aromatic carbocycles. The van der Waals surface area contributed by atoms with Crippen LogP contribution in [0.3, 0.4) is 0 Å². The van der Waals surface area contributed by atoms with Crippen LogP contribution in [-0.4, -0.2) is 47.3 Å². The van der Waals surface area contributed by atoms with Gasteiger partial charge in [-0.3, -0.25) is 0 Å². The number of anilines is 1. The van der Waals surface area contributed by atoms with Crippen molar-refractivity contribution in [3.63, 3.8) is 0 Å². The predicted octanol–water partition coefficient (Wildman–Crippen LogP) is 6.09. The van der Waals surface area contributed by atoms with E-state index in [4.69, 9.17) is 4.74 Å². The zero-order valence-corrected chi connectivity index (χ0v) is 19.4. The number of piperidine rings is 1. The molecule has 1 saturated heterocycles. The van der Waals surface area contributed by atoms with Gasteiger partial charge >= 0.3 is 0 Å². The molecule has 31 heavy (non-hydrogen) atoms. The summed E-state index contributed by atoms with van der Waals surface area (Å²) in [7, 11) is 0. The smallest absolute Gasteiger partial charge is 0.208 e. The minimum Gasteiger partial charge on any atom is -0.457 e. The summed E-state index contributed by atoms with van der Waals surface area (Å²) in [5.41, 5.74) is 1.08. The first-order valence-electron chi connectivity index (χ1n) is 11.4. The second-order valence-corrected chi connectivity index (χ2v) is 9.04. The van der Waals surface area contributed by atoms with Gasteiger partial charge in [-0.05, 0) is 75.2 Å². The molecule has 2 heterocycles. The molecule has 0 spiro atoms. The molecular weight excluding hydrogens is 404 g/mol. The molecular formula is C25H32N4OS. The lowest BCUT2D eigenvalue weighted by Crippen LogP contribution is -2.45. The van der Waals surface area contributed by atoms with Gasteiger partial charge < -0.3 is 14.5 Å². The molecule has 5 nitrogen and oxygen atoms in total. The summed E-state index contributed by atoms with van der Waals surface area (Å²) in [4.78, 5) is 5.09. The van der Waals surface area contributed by atoms with Crippen molar-refractivity contribution < 1.29 is 4.74 Å². The van der Waals surface area contributed by atoms with Crippen molar-refractivity contribution in [1.29, 1.82) is 0 Å². The van der Waals surface area contributed by atoms with Gasteiger partial charge in [0, 0.05) is 24.7 Å². The molecule has 0 aliphatic carbocycles. The highest BCUT2D eigenvalue weighted by Gasteiger charge is 2.25. The Morgan fingerprint density at radius 2 is 1.55 bits per heavy atom. The summed E-state index contributed by atoms with van der Waals surface area (Å²) in [6.07, 6.45) is 4.88. The maximum absolute atomic E-state index is 5.89. The number of para-hydroxylation sites is 1. The van der Waals surface area contributed by atoms with Crippen molar-refractivity contribution in [3.8, 4) is 22.1 Å². The number of aromatic nitrogens is 2. The second kappa shape index (κ2) is 10.7. The van der Waals surface area contributed by atoms with E-state index in [-0.39, 0.29) is 0 Å². The SMILES string of the molecule is CCCN(CCC)C1CCN(c2nnc(-c3ccc(Oc4ccccc4)cc3)s2)CC1. The highest BCUT2D eigenvalue weighted by molar-refractivity contribution is 7.18. The fourth-order valence-corrected chi connectivity index (χ4v) is 5.13. The third-order valence-electron chi connectivity index (χ3n) is 5.77. The average Bonchev–Trinajstić information content (AvgIpc) is 3.31. The van der Waals surface area contributed by atoms with E-state index in [0.717, 1.165) is 40.3 Å². The number of benzene rings is 2. The van der Waals surface area contributed by atoms with E-state index in [1.54, 1.807) is 11.3 Å². The van der Waals surface area contributed by atoms with Crippen LogP contribution in [0.2, 0.25) is 0 Å². The van der Waals surface area contributed by atoms with Crippen molar-refractivity contribution >= 4 is 16.5 Å². The van der Waals surface area contributed by atoms with Crippen LogP contribution in [0.25, 0.3) is 10.6 Å². The summed E-state index contributed by atoms with van der Waals surface area (Å²) in [6.45, 7) is 9.11. The van der Waals surface area contributed by atoms with Gasteiger partial charge in [0.25, 0.3) is 0 Å². The maximum Gasteiger partial charge on any atom is 0.208 e. The van der Waals surface area contributed by atoms with Crippen LogP contribution < -0.4 is 9.64 Å². The zero-order valence-electron chi connectivity index (χ0n) is 18.5. The zero-order chi connectivity index (χ0) is 21.5. The Kier molecular flexibility index (Phi) is 7.54. The van der Waals surface area contributed by atoms with E-state index in [1.165, 1.54) is 38.8 Å². The molecule has 0 N–H and O–H groups in total. The molecule has 1 aromatic heterocycles. The molecule has 4 rings (SSSR count). The lowest BCUT2D eigenvalue weighted by atomic mass is 10.0. The molecule has 0 unspecified atom stereocenters. The summed E-state index contributed by atoms with van der Waals surface area (Å²) >= 11 is 1.68. The topological polar surface area (TPSA) is 41.5 Å². The molecule has 164 valence electrons. The molecule has 1 aliphatic rings.